The van der Waals surface area contributed by atoms with Gasteiger partial charge in [-0.2, -0.15) is 13.2 Å². The molecule has 0 aliphatic heterocycles. The third-order valence-electron chi connectivity index (χ3n) is 3.33. The fourth-order valence-corrected chi connectivity index (χ4v) is 1.67. The topological polar surface area (TPSA) is 29.1 Å². The molecule has 1 aliphatic rings. The molecule has 116 valence electrons. The van der Waals surface area contributed by atoms with Crippen LogP contribution in [0.1, 0.15) is 25.3 Å². The van der Waals surface area contributed by atoms with E-state index < -0.39 is 52.0 Å². The molecule has 0 spiro atoms. The van der Waals surface area contributed by atoms with E-state index in [-0.39, 0.29) is 0 Å². The van der Waals surface area contributed by atoms with Crippen molar-refractivity contribution in [3.63, 3.8) is 0 Å². The number of amides is 1. The van der Waals surface area contributed by atoms with E-state index in [9.17, 15) is 35.5 Å². The summed E-state index contributed by atoms with van der Waals surface area (Å²) in [4.78, 5) is 11.6. The molecule has 1 aromatic rings. The quantitative estimate of drug-likeness (QED) is 0.649. The largest absolute Gasteiger partial charge is 0.422 e. The fraction of sp³-hybridized carbons (Fsp3) is 0.417. The van der Waals surface area contributed by atoms with Crippen LogP contribution in [0.4, 0.5) is 36.4 Å². The molecule has 2 nitrogen and oxygen atoms in total. The zero-order valence-corrected chi connectivity index (χ0v) is 10.5. The van der Waals surface area contributed by atoms with Gasteiger partial charge in [0, 0.05) is 5.41 Å². The van der Waals surface area contributed by atoms with Crippen molar-refractivity contribution in [2.24, 2.45) is 5.41 Å². The minimum atomic E-state index is -5.61. The van der Waals surface area contributed by atoms with Crippen LogP contribution in [-0.4, -0.2) is 5.91 Å². The Morgan fingerprint density at radius 2 is 1.43 bits per heavy atom. The van der Waals surface area contributed by atoms with Crippen LogP contribution in [0.5, 0.6) is 0 Å². The van der Waals surface area contributed by atoms with Crippen LogP contribution < -0.4 is 5.32 Å². The van der Waals surface area contributed by atoms with E-state index in [1.54, 1.807) is 5.32 Å². The number of halogens is 7. The van der Waals surface area contributed by atoms with Gasteiger partial charge in [0.2, 0.25) is 5.91 Å². The van der Waals surface area contributed by atoms with Crippen LogP contribution in [-0.2, 0) is 11.0 Å². The molecule has 1 aromatic carbocycles. The molecule has 1 amide bonds. The summed E-state index contributed by atoms with van der Waals surface area (Å²) in [6, 6.07) is 0. The first-order chi connectivity index (χ1) is 9.49. The van der Waals surface area contributed by atoms with Crippen LogP contribution in [0, 0.1) is 28.7 Å². The van der Waals surface area contributed by atoms with Crippen molar-refractivity contribution >= 4 is 11.6 Å². The average Bonchev–Trinajstić information content (AvgIpc) is 3.10. The average molecular weight is 315 g/mol. The summed E-state index contributed by atoms with van der Waals surface area (Å²) in [5.41, 5.74) is -5.17. The molecule has 0 bridgehead atoms. The highest BCUT2D eigenvalue weighted by molar-refractivity contribution is 5.97. The predicted octanol–water partition coefficient (Wildman–Crippen LogP) is 4.00. The lowest BCUT2D eigenvalue weighted by atomic mass is 10.1. The summed E-state index contributed by atoms with van der Waals surface area (Å²) in [6.07, 6.45) is -4.82. The summed E-state index contributed by atoms with van der Waals surface area (Å²) in [5.74, 6) is -10.7. The number of anilines is 1. The van der Waals surface area contributed by atoms with Crippen molar-refractivity contribution in [3.8, 4) is 0 Å². The summed E-state index contributed by atoms with van der Waals surface area (Å²) in [5, 5.41) is 1.60. The highest BCUT2D eigenvalue weighted by Gasteiger charge is 2.47. The van der Waals surface area contributed by atoms with Crippen molar-refractivity contribution in [1.29, 1.82) is 0 Å². The number of rotatable bonds is 2. The Morgan fingerprint density at radius 3 is 1.76 bits per heavy atom. The standard InChI is InChI=1S/C12H8F7NO/c1-11(2-3-11)10(21)20-9-7(15)5(13)4(12(17,18)19)6(14)8(9)16/h2-3H2,1H3,(H,20,21). The van der Waals surface area contributed by atoms with E-state index >= 15 is 0 Å². The SMILES string of the molecule is CC1(C(=O)Nc2c(F)c(F)c(C(F)(F)F)c(F)c2F)CC1. The maximum absolute atomic E-state index is 13.5. The predicted molar refractivity (Wildman–Crippen MR) is 57.2 cm³/mol. The van der Waals surface area contributed by atoms with Gasteiger partial charge >= 0.3 is 6.18 Å². The molecule has 2 rings (SSSR count). The van der Waals surface area contributed by atoms with Gasteiger partial charge in [-0.15, -0.1) is 0 Å². The second kappa shape index (κ2) is 4.60. The van der Waals surface area contributed by atoms with E-state index in [1.165, 1.54) is 6.92 Å². The number of carbonyl (C=O) groups excluding carboxylic acids is 1. The first-order valence-electron chi connectivity index (χ1n) is 5.73. The molecule has 0 atom stereocenters. The van der Waals surface area contributed by atoms with Crippen LogP contribution in [0.15, 0.2) is 0 Å². The minimum Gasteiger partial charge on any atom is -0.321 e. The van der Waals surface area contributed by atoms with Gasteiger partial charge in [-0.05, 0) is 12.8 Å². The zero-order chi connectivity index (χ0) is 16.2. The molecule has 1 N–H and O–H groups in total. The molecule has 1 saturated carbocycles. The Bertz CT molecular complexity index is 590. The van der Waals surface area contributed by atoms with E-state index in [0.29, 0.717) is 12.8 Å². The van der Waals surface area contributed by atoms with Crippen LogP contribution in [0.2, 0.25) is 0 Å². The van der Waals surface area contributed by atoms with Crippen LogP contribution in [0.3, 0.4) is 0 Å². The van der Waals surface area contributed by atoms with Gasteiger partial charge in [0.25, 0.3) is 0 Å². The van der Waals surface area contributed by atoms with E-state index in [0.717, 1.165) is 0 Å². The summed E-state index contributed by atoms with van der Waals surface area (Å²) in [7, 11) is 0. The summed E-state index contributed by atoms with van der Waals surface area (Å²) in [6.45, 7) is 1.44. The van der Waals surface area contributed by atoms with Crippen LogP contribution in [0.25, 0.3) is 0 Å². The summed E-state index contributed by atoms with van der Waals surface area (Å²) >= 11 is 0. The number of alkyl halides is 3. The van der Waals surface area contributed by atoms with Gasteiger partial charge in [-0.3, -0.25) is 4.79 Å². The molecule has 0 unspecified atom stereocenters. The highest BCUT2D eigenvalue weighted by atomic mass is 19.4. The minimum absolute atomic E-state index is 0.396. The molecule has 1 aliphatic carbocycles. The Morgan fingerprint density at radius 1 is 1.00 bits per heavy atom. The van der Waals surface area contributed by atoms with Crippen molar-refractivity contribution < 1.29 is 35.5 Å². The van der Waals surface area contributed by atoms with Gasteiger partial charge in [0.05, 0.1) is 0 Å². The first-order valence-corrected chi connectivity index (χ1v) is 5.73. The molecule has 0 aromatic heterocycles. The molecule has 9 heteroatoms. The lowest BCUT2D eigenvalue weighted by Crippen LogP contribution is -2.25. The van der Waals surface area contributed by atoms with Crippen molar-refractivity contribution in [1.82, 2.24) is 0 Å². The smallest absolute Gasteiger partial charge is 0.321 e. The van der Waals surface area contributed by atoms with Crippen molar-refractivity contribution in [2.45, 2.75) is 25.9 Å². The van der Waals surface area contributed by atoms with Gasteiger partial charge in [0.1, 0.15) is 11.3 Å². The zero-order valence-electron chi connectivity index (χ0n) is 10.5. The molecular formula is C12H8F7NO. The molecular weight excluding hydrogens is 307 g/mol. The Labute approximate surface area is 113 Å². The highest BCUT2D eigenvalue weighted by Crippen LogP contribution is 2.46. The molecule has 0 radical (unpaired) electrons. The number of carbonyl (C=O) groups is 1. The molecule has 1 fully saturated rings. The van der Waals surface area contributed by atoms with E-state index in [4.69, 9.17) is 0 Å². The second-order valence-electron chi connectivity index (χ2n) is 5.02. The number of benzene rings is 1. The van der Waals surface area contributed by atoms with E-state index in [2.05, 4.69) is 0 Å². The number of hydrogen-bond acceptors (Lipinski definition) is 1. The lowest BCUT2D eigenvalue weighted by Gasteiger charge is -2.16. The van der Waals surface area contributed by atoms with Crippen LogP contribution >= 0.6 is 0 Å². The Balaban J connectivity index is 2.52. The maximum Gasteiger partial charge on any atom is 0.422 e. The molecule has 0 saturated heterocycles. The van der Waals surface area contributed by atoms with Gasteiger partial charge in [-0.25, -0.2) is 17.6 Å². The molecule has 0 heterocycles. The first kappa shape index (κ1) is 15.6. The monoisotopic (exact) mass is 315 g/mol. The summed E-state index contributed by atoms with van der Waals surface area (Å²) < 4.78 is 90.7. The number of hydrogen-bond donors (Lipinski definition) is 1. The number of nitrogens with one attached hydrogen (secondary N) is 1. The lowest BCUT2D eigenvalue weighted by molar-refractivity contribution is -0.143. The fourth-order valence-electron chi connectivity index (χ4n) is 1.67. The van der Waals surface area contributed by atoms with Crippen molar-refractivity contribution in [3.05, 3.63) is 28.8 Å². The molecule has 21 heavy (non-hydrogen) atoms. The van der Waals surface area contributed by atoms with Gasteiger partial charge in [0.15, 0.2) is 23.3 Å². The maximum atomic E-state index is 13.5. The Kier molecular flexibility index (Phi) is 3.42. The van der Waals surface area contributed by atoms with E-state index in [1.807, 2.05) is 0 Å². The van der Waals surface area contributed by atoms with Gasteiger partial charge in [-0.1, -0.05) is 6.92 Å². The van der Waals surface area contributed by atoms with Crippen molar-refractivity contribution in [2.75, 3.05) is 5.32 Å². The second-order valence-corrected chi connectivity index (χ2v) is 5.02. The Hall–Kier alpha value is -1.80. The third-order valence-corrected chi connectivity index (χ3v) is 3.33. The van der Waals surface area contributed by atoms with Gasteiger partial charge < -0.3 is 5.32 Å². The normalized spacial score (nSPS) is 16.8. The third kappa shape index (κ3) is 2.56.